The third kappa shape index (κ3) is 38.0. The van der Waals surface area contributed by atoms with Crippen molar-refractivity contribution in [2.75, 3.05) is 13.2 Å². The first-order chi connectivity index (χ1) is 24.3. The summed E-state index contributed by atoms with van der Waals surface area (Å²) in [5.41, 5.74) is 0. The summed E-state index contributed by atoms with van der Waals surface area (Å²) >= 11 is 0. The van der Waals surface area contributed by atoms with E-state index in [1.165, 1.54) is 38.5 Å². The second-order valence-corrected chi connectivity index (χ2v) is 13.4. The molecule has 0 radical (unpaired) electrons. The van der Waals surface area contributed by atoms with Crippen molar-refractivity contribution in [3.8, 4) is 0 Å². The monoisotopic (exact) mass is 718 g/mol. The van der Waals surface area contributed by atoms with E-state index >= 15 is 0 Å². The largest absolute Gasteiger partial charge is 0.469 e. The first-order valence-corrected chi connectivity index (χ1v) is 20.4. The molecule has 2 N–H and O–H groups in total. The van der Waals surface area contributed by atoms with E-state index in [1.54, 1.807) is 0 Å². The summed E-state index contributed by atoms with van der Waals surface area (Å²) in [6.45, 7) is 3.46. The predicted octanol–water partition coefficient (Wildman–Crippen LogP) is 11.3. The number of carbonyl (C=O) groups is 2. The van der Waals surface area contributed by atoms with Crippen LogP contribution in [0.1, 0.15) is 142 Å². The van der Waals surface area contributed by atoms with Gasteiger partial charge in [0.25, 0.3) is 0 Å². The number of hydrogen-bond donors (Lipinski definition) is 2. The molecule has 0 aliphatic rings. The summed E-state index contributed by atoms with van der Waals surface area (Å²) < 4.78 is 26.2. The van der Waals surface area contributed by atoms with Crippen molar-refractivity contribution in [2.45, 2.75) is 148 Å². The van der Waals surface area contributed by atoms with Crippen LogP contribution in [0.25, 0.3) is 0 Å². The SMILES string of the molecule is CC/C=C/C/C=C/C/C=C/C/C=C/C/C=C/CCCC(=O)O[C@H](COC(=O)CCCC/C=C/C/C=C/CCCCCCCC)COP(=O)(O)O. The first kappa shape index (κ1) is 47.2. The number of phosphoric ester groups is 1. The third-order valence-corrected chi connectivity index (χ3v) is 7.88. The second kappa shape index (κ2) is 36.0. The van der Waals surface area contributed by atoms with Gasteiger partial charge < -0.3 is 19.3 Å². The standard InChI is InChI=1S/C41H67O8P/c1-3-5-7-9-11-13-15-17-19-20-22-24-26-28-30-32-34-36-41(43)49-39(38-48-50(44,45)46)37-47-40(42)35-33-31-29-27-25-23-21-18-16-14-12-10-8-6-4-2/h5,7,11,13,17-19,21-22,24-25,27-28,30,39H,3-4,6,8-10,12,14-16,20,23,26,29,31-38H2,1-2H3,(H2,44,45,46)/b7-5+,13-11+,19-17+,21-18+,24-22+,27-25+,30-28+/t39-/m1/s1. The number of hydrogen-bond acceptors (Lipinski definition) is 6. The van der Waals surface area contributed by atoms with E-state index in [-0.39, 0.29) is 19.4 Å². The molecule has 0 aromatic carbocycles. The van der Waals surface area contributed by atoms with Crippen molar-refractivity contribution in [3.05, 3.63) is 85.1 Å². The quantitative estimate of drug-likeness (QED) is 0.0298. The summed E-state index contributed by atoms with van der Waals surface area (Å²) in [5, 5.41) is 0. The third-order valence-electron chi connectivity index (χ3n) is 7.40. The summed E-state index contributed by atoms with van der Waals surface area (Å²) in [6, 6.07) is 0. The lowest BCUT2D eigenvalue weighted by Gasteiger charge is -2.18. The van der Waals surface area contributed by atoms with Crippen molar-refractivity contribution in [2.24, 2.45) is 0 Å². The van der Waals surface area contributed by atoms with Crippen LogP contribution in [0.2, 0.25) is 0 Å². The molecule has 0 unspecified atom stereocenters. The lowest BCUT2D eigenvalue weighted by atomic mass is 10.1. The number of esters is 2. The molecule has 0 saturated heterocycles. The lowest BCUT2D eigenvalue weighted by Crippen LogP contribution is -2.29. The van der Waals surface area contributed by atoms with Gasteiger partial charge in [0.1, 0.15) is 6.61 Å². The zero-order valence-corrected chi connectivity index (χ0v) is 31.9. The Morgan fingerprint density at radius 1 is 0.540 bits per heavy atom. The Labute approximate surface area is 303 Å². The van der Waals surface area contributed by atoms with Gasteiger partial charge in [-0.05, 0) is 83.5 Å². The molecule has 0 saturated carbocycles. The van der Waals surface area contributed by atoms with Gasteiger partial charge in [-0.25, -0.2) is 4.57 Å². The van der Waals surface area contributed by atoms with E-state index in [1.807, 2.05) is 12.2 Å². The van der Waals surface area contributed by atoms with Crippen molar-refractivity contribution in [1.82, 2.24) is 0 Å². The van der Waals surface area contributed by atoms with Gasteiger partial charge in [-0.1, -0.05) is 131 Å². The molecule has 0 amide bonds. The fourth-order valence-corrected chi connectivity index (χ4v) is 4.97. The fourth-order valence-electron chi connectivity index (χ4n) is 4.61. The molecule has 0 aromatic rings. The number of phosphoric acid groups is 1. The Kier molecular flexibility index (Phi) is 34.0. The molecule has 0 aliphatic heterocycles. The van der Waals surface area contributed by atoms with Crippen LogP contribution in [0.3, 0.4) is 0 Å². The highest BCUT2D eigenvalue weighted by atomic mass is 31.2. The molecule has 9 heteroatoms. The average molecular weight is 719 g/mol. The zero-order valence-electron chi connectivity index (χ0n) is 31.0. The second-order valence-electron chi connectivity index (χ2n) is 12.2. The van der Waals surface area contributed by atoms with Crippen molar-refractivity contribution >= 4 is 19.8 Å². The number of carbonyl (C=O) groups excluding carboxylic acids is 2. The number of ether oxygens (including phenoxy) is 2. The van der Waals surface area contributed by atoms with E-state index < -0.39 is 32.5 Å². The van der Waals surface area contributed by atoms with Crippen LogP contribution >= 0.6 is 7.82 Å². The molecule has 0 aliphatic carbocycles. The number of unbranched alkanes of at least 4 members (excludes halogenated alkanes) is 9. The van der Waals surface area contributed by atoms with Crippen LogP contribution in [0.4, 0.5) is 0 Å². The predicted molar refractivity (Wildman–Crippen MR) is 207 cm³/mol. The van der Waals surface area contributed by atoms with Gasteiger partial charge >= 0.3 is 19.8 Å². The molecular weight excluding hydrogens is 651 g/mol. The van der Waals surface area contributed by atoms with Gasteiger partial charge in [0, 0.05) is 12.8 Å². The van der Waals surface area contributed by atoms with Gasteiger partial charge in [0.2, 0.25) is 0 Å². The van der Waals surface area contributed by atoms with Crippen LogP contribution in [0, 0.1) is 0 Å². The lowest BCUT2D eigenvalue weighted by molar-refractivity contribution is -0.161. The molecule has 1 atom stereocenters. The van der Waals surface area contributed by atoms with Crippen molar-refractivity contribution in [3.63, 3.8) is 0 Å². The van der Waals surface area contributed by atoms with E-state index in [4.69, 9.17) is 19.3 Å². The topological polar surface area (TPSA) is 119 Å². The Bertz CT molecular complexity index is 1080. The highest BCUT2D eigenvalue weighted by Crippen LogP contribution is 2.35. The molecule has 0 aromatic heterocycles. The Morgan fingerprint density at radius 2 is 0.980 bits per heavy atom. The van der Waals surface area contributed by atoms with Crippen LogP contribution < -0.4 is 0 Å². The Hall–Kier alpha value is -2.77. The van der Waals surface area contributed by atoms with E-state index in [0.29, 0.717) is 19.3 Å². The summed E-state index contributed by atoms with van der Waals surface area (Å²) in [7, 11) is -4.78. The van der Waals surface area contributed by atoms with E-state index in [9.17, 15) is 14.2 Å². The summed E-state index contributed by atoms with van der Waals surface area (Å²) in [5.74, 6) is -1.00. The van der Waals surface area contributed by atoms with Crippen LogP contribution in [-0.2, 0) is 28.2 Å². The summed E-state index contributed by atoms with van der Waals surface area (Å²) in [4.78, 5) is 42.7. The summed E-state index contributed by atoms with van der Waals surface area (Å²) in [6.07, 6.45) is 47.4. The normalized spacial score (nSPS) is 13.4. The maximum absolute atomic E-state index is 12.3. The van der Waals surface area contributed by atoms with Gasteiger partial charge in [-0.2, -0.15) is 0 Å². The van der Waals surface area contributed by atoms with Gasteiger partial charge in [-0.15, -0.1) is 0 Å². The molecule has 8 nitrogen and oxygen atoms in total. The molecular formula is C41H67O8P. The zero-order chi connectivity index (χ0) is 36.8. The van der Waals surface area contributed by atoms with E-state index in [0.717, 1.165) is 57.8 Å². The average Bonchev–Trinajstić information content (AvgIpc) is 3.08. The van der Waals surface area contributed by atoms with Gasteiger partial charge in [0.15, 0.2) is 6.10 Å². The minimum absolute atomic E-state index is 0.122. The molecule has 0 heterocycles. The van der Waals surface area contributed by atoms with Gasteiger partial charge in [0.05, 0.1) is 6.61 Å². The molecule has 284 valence electrons. The molecule has 0 spiro atoms. The number of rotatable bonds is 33. The van der Waals surface area contributed by atoms with E-state index in [2.05, 4.69) is 91.3 Å². The van der Waals surface area contributed by atoms with Crippen LogP contribution in [0.15, 0.2) is 85.1 Å². The molecule has 50 heavy (non-hydrogen) atoms. The van der Waals surface area contributed by atoms with Crippen LogP contribution in [0.5, 0.6) is 0 Å². The fraction of sp³-hybridized carbons (Fsp3) is 0.610. The minimum Gasteiger partial charge on any atom is -0.462 e. The Morgan fingerprint density at radius 3 is 1.50 bits per heavy atom. The Balaban J connectivity index is 4.15. The van der Waals surface area contributed by atoms with Crippen LogP contribution in [-0.4, -0.2) is 41.0 Å². The maximum Gasteiger partial charge on any atom is 0.469 e. The number of allylic oxidation sites excluding steroid dienone is 14. The first-order valence-electron chi connectivity index (χ1n) is 18.9. The van der Waals surface area contributed by atoms with Crippen molar-refractivity contribution in [1.29, 1.82) is 0 Å². The smallest absolute Gasteiger partial charge is 0.462 e. The van der Waals surface area contributed by atoms with Crippen molar-refractivity contribution < 1.29 is 37.9 Å². The molecule has 0 bridgehead atoms. The molecule has 0 rings (SSSR count). The van der Waals surface area contributed by atoms with Gasteiger partial charge in [-0.3, -0.25) is 14.1 Å². The minimum atomic E-state index is -4.78. The molecule has 0 fully saturated rings. The maximum atomic E-state index is 12.3. The highest BCUT2D eigenvalue weighted by Gasteiger charge is 2.22. The highest BCUT2D eigenvalue weighted by molar-refractivity contribution is 7.46.